The van der Waals surface area contributed by atoms with Crippen molar-refractivity contribution in [2.45, 2.75) is 37.5 Å². The summed E-state index contributed by atoms with van der Waals surface area (Å²) in [6.45, 7) is -0.293. The molecule has 3 N–H and O–H groups in total. The predicted molar refractivity (Wildman–Crippen MR) is 98.0 cm³/mol. The summed E-state index contributed by atoms with van der Waals surface area (Å²) in [5, 5.41) is 17.4. The minimum Gasteiger partial charge on any atom is -0.394 e. The van der Waals surface area contributed by atoms with Crippen LogP contribution in [0.5, 0.6) is 0 Å². The van der Waals surface area contributed by atoms with Crippen LogP contribution in [0, 0.1) is 5.82 Å². The summed E-state index contributed by atoms with van der Waals surface area (Å²) in [6.07, 6.45) is 1.85. The van der Waals surface area contributed by atoms with Crippen LogP contribution >= 0.6 is 11.3 Å². The molecule has 0 saturated carbocycles. The van der Waals surface area contributed by atoms with Gasteiger partial charge in [-0.1, -0.05) is 6.07 Å². The number of nitrogens with zero attached hydrogens (tertiary/aromatic N) is 1. The first-order valence-electron chi connectivity index (χ1n) is 8.57. The summed E-state index contributed by atoms with van der Waals surface area (Å²) in [4.78, 5) is 28.3. The molecule has 0 spiro atoms. The number of benzene rings is 1. The number of nitrogens with one attached hydrogen (secondary N) is 2. The molecule has 0 radical (unpaired) electrons. The largest absolute Gasteiger partial charge is 0.394 e. The highest BCUT2D eigenvalue weighted by molar-refractivity contribution is 7.13. The van der Waals surface area contributed by atoms with Crippen LogP contribution in [-0.2, 0) is 9.53 Å². The van der Waals surface area contributed by atoms with E-state index in [0.717, 1.165) is 6.07 Å². The molecular weight excluding hydrogens is 373 g/mol. The number of rotatable bonds is 6. The topological polar surface area (TPSA) is 101 Å². The van der Waals surface area contributed by atoms with Gasteiger partial charge in [0.25, 0.3) is 5.91 Å². The van der Waals surface area contributed by atoms with Crippen LogP contribution in [-0.4, -0.2) is 46.8 Å². The Labute approximate surface area is 159 Å². The van der Waals surface area contributed by atoms with Crippen molar-refractivity contribution in [3.8, 4) is 0 Å². The van der Waals surface area contributed by atoms with Gasteiger partial charge in [-0.25, -0.2) is 9.37 Å². The first kappa shape index (κ1) is 19.4. The van der Waals surface area contributed by atoms with Gasteiger partial charge in [0.1, 0.15) is 11.9 Å². The van der Waals surface area contributed by atoms with E-state index in [-0.39, 0.29) is 30.6 Å². The minimum absolute atomic E-state index is 0.140. The van der Waals surface area contributed by atoms with E-state index in [9.17, 15) is 19.1 Å². The monoisotopic (exact) mass is 393 g/mol. The van der Waals surface area contributed by atoms with E-state index in [0.29, 0.717) is 18.0 Å². The third-order valence-electron chi connectivity index (χ3n) is 4.29. The Bertz CT molecular complexity index is 787. The molecule has 0 aliphatic carbocycles. The van der Waals surface area contributed by atoms with Crippen molar-refractivity contribution >= 4 is 28.3 Å². The summed E-state index contributed by atoms with van der Waals surface area (Å²) in [5.74, 6) is -1.14. The Balaban J connectivity index is 1.53. The van der Waals surface area contributed by atoms with Gasteiger partial charge >= 0.3 is 0 Å². The molecule has 27 heavy (non-hydrogen) atoms. The molecule has 3 rings (SSSR count). The molecule has 2 heterocycles. The van der Waals surface area contributed by atoms with Crippen molar-refractivity contribution in [2.75, 3.05) is 11.9 Å². The fourth-order valence-electron chi connectivity index (χ4n) is 2.99. The lowest BCUT2D eigenvalue weighted by molar-refractivity contribution is -0.126. The Morgan fingerprint density at radius 1 is 1.37 bits per heavy atom. The van der Waals surface area contributed by atoms with Crippen molar-refractivity contribution < 1.29 is 23.8 Å². The zero-order valence-electron chi connectivity index (χ0n) is 14.4. The average molecular weight is 393 g/mol. The van der Waals surface area contributed by atoms with E-state index >= 15 is 0 Å². The number of carbonyl (C=O) groups excluding carboxylic acids is 2. The van der Waals surface area contributed by atoms with Gasteiger partial charge in [-0.15, -0.1) is 11.3 Å². The molecule has 9 heteroatoms. The van der Waals surface area contributed by atoms with Gasteiger partial charge in [-0.3, -0.25) is 9.59 Å². The van der Waals surface area contributed by atoms with E-state index in [4.69, 9.17) is 4.74 Å². The second-order valence-corrected chi connectivity index (χ2v) is 7.13. The van der Waals surface area contributed by atoms with Crippen molar-refractivity contribution in [3.63, 3.8) is 0 Å². The van der Waals surface area contributed by atoms with Gasteiger partial charge in [0.05, 0.1) is 25.2 Å². The number of aliphatic hydroxyl groups excluding tert-OH is 1. The first-order chi connectivity index (χ1) is 13.0. The molecule has 7 nitrogen and oxygen atoms in total. The Morgan fingerprint density at radius 2 is 2.22 bits per heavy atom. The molecule has 2 amide bonds. The third kappa shape index (κ3) is 5.31. The fraction of sp³-hybridized carbons (Fsp3) is 0.389. The number of aliphatic hydroxyl groups is 1. The molecule has 3 atom stereocenters. The standard InChI is InChI=1S/C18H20FN3O4S/c19-12-3-1-2-11(8-12)17(25)21-14-5-4-13(26-15(14)10-23)9-16(24)22-18-20-6-7-27-18/h1-3,6-8,13-15,23H,4-5,9-10H2,(H,21,25)(H,20,22,24)/t13-,14-,15+/m0/s1. The number of thiazole rings is 1. The van der Waals surface area contributed by atoms with Crippen LogP contribution in [0.4, 0.5) is 9.52 Å². The molecule has 1 aromatic carbocycles. The number of hydrogen-bond donors (Lipinski definition) is 3. The van der Waals surface area contributed by atoms with Gasteiger partial charge < -0.3 is 20.5 Å². The minimum atomic E-state index is -0.631. The van der Waals surface area contributed by atoms with Crippen molar-refractivity contribution in [2.24, 2.45) is 0 Å². The number of hydrogen-bond acceptors (Lipinski definition) is 6. The lowest BCUT2D eigenvalue weighted by atomic mass is 9.96. The molecular formula is C18H20FN3O4S. The van der Waals surface area contributed by atoms with E-state index in [1.165, 1.54) is 29.5 Å². The average Bonchev–Trinajstić information content (AvgIpc) is 3.15. The molecule has 0 bridgehead atoms. The maximum atomic E-state index is 13.3. The third-order valence-corrected chi connectivity index (χ3v) is 4.98. The van der Waals surface area contributed by atoms with Crippen LogP contribution in [0.3, 0.4) is 0 Å². The van der Waals surface area contributed by atoms with Crippen LogP contribution < -0.4 is 10.6 Å². The molecule has 1 aromatic heterocycles. The zero-order valence-corrected chi connectivity index (χ0v) is 15.2. The fourth-order valence-corrected chi connectivity index (χ4v) is 3.54. The number of aromatic nitrogens is 1. The van der Waals surface area contributed by atoms with Crippen LogP contribution in [0.25, 0.3) is 0 Å². The van der Waals surface area contributed by atoms with Crippen molar-refractivity contribution in [3.05, 3.63) is 47.2 Å². The van der Waals surface area contributed by atoms with Gasteiger partial charge in [-0.2, -0.15) is 0 Å². The highest BCUT2D eigenvalue weighted by Gasteiger charge is 2.33. The lowest BCUT2D eigenvalue weighted by Crippen LogP contribution is -2.51. The molecule has 1 saturated heterocycles. The molecule has 2 aromatic rings. The molecule has 1 aliphatic heterocycles. The second kappa shape index (κ2) is 9.03. The Kier molecular flexibility index (Phi) is 6.49. The highest BCUT2D eigenvalue weighted by atomic mass is 32.1. The summed E-state index contributed by atoms with van der Waals surface area (Å²) in [5.41, 5.74) is 0.205. The quantitative estimate of drug-likeness (QED) is 0.697. The number of ether oxygens (including phenoxy) is 1. The summed E-state index contributed by atoms with van der Waals surface area (Å²) in [7, 11) is 0. The first-order valence-corrected chi connectivity index (χ1v) is 9.45. The highest BCUT2D eigenvalue weighted by Crippen LogP contribution is 2.23. The SMILES string of the molecule is O=C(C[C@@H]1CC[C@H](NC(=O)c2cccc(F)c2)[C@@H](CO)O1)Nc1nccs1. The summed E-state index contributed by atoms with van der Waals surface area (Å²) in [6, 6.07) is 4.98. The van der Waals surface area contributed by atoms with Crippen molar-refractivity contribution in [1.29, 1.82) is 0 Å². The van der Waals surface area contributed by atoms with E-state index in [1.807, 2.05) is 0 Å². The summed E-state index contributed by atoms with van der Waals surface area (Å²) < 4.78 is 19.1. The van der Waals surface area contributed by atoms with Gasteiger partial charge in [-0.05, 0) is 31.0 Å². The van der Waals surface area contributed by atoms with Crippen LogP contribution in [0.15, 0.2) is 35.8 Å². The molecule has 0 unspecified atom stereocenters. The van der Waals surface area contributed by atoms with Gasteiger partial charge in [0, 0.05) is 17.1 Å². The van der Waals surface area contributed by atoms with Gasteiger partial charge in [0.2, 0.25) is 5.91 Å². The van der Waals surface area contributed by atoms with E-state index in [2.05, 4.69) is 15.6 Å². The Hall–Kier alpha value is -2.36. The number of halogens is 1. The Morgan fingerprint density at radius 3 is 2.93 bits per heavy atom. The molecule has 1 aliphatic rings. The molecule has 1 fully saturated rings. The van der Waals surface area contributed by atoms with Crippen LogP contribution in [0.2, 0.25) is 0 Å². The van der Waals surface area contributed by atoms with E-state index in [1.54, 1.807) is 11.6 Å². The number of anilines is 1. The maximum Gasteiger partial charge on any atom is 0.251 e. The maximum absolute atomic E-state index is 13.3. The van der Waals surface area contributed by atoms with Crippen molar-refractivity contribution in [1.82, 2.24) is 10.3 Å². The zero-order chi connectivity index (χ0) is 19.2. The second-order valence-electron chi connectivity index (χ2n) is 6.24. The lowest BCUT2D eigenvalue weighted by Gasteiger charge is -2.36. The predicted octanol–water partition coefficient (Wildman–Crippen LogP) is 1.95. The van der Waals surface area contributed by atoms with E-state index < -0.39 is 23.9 Å². The number of amides is 2. The normalized spacial score (nSPS) is 22.2. The summed E-state index contributed by atoms with van der Waals surface area (Å²) >= 11 is 1.33. The molecule has 144 valence electrons. The number of carbonyl (C=O) groups is 2. The smallest absolute Gasteiger partial charge is 0.251 e. The van der Waals surface area contributed by atoms with Gasteiger partial charge in [0.15, 0.2) is 5.13 Å². The van der Waals surface area contributed by atoms with Crippen LogP contribution in [0.1, 0.15) is 29.6 Å².